The van der Waals surface area contributed by atoms with Crippen molar-refractivity contribution >= 4 is 10.1 Å². The summed E-state index contributed by atoms with van der Waals surface area (Å²) in [5.74, 6) is 0. The molecule has 9 heteroatoms. The molecule has 240 valence electrons. The van der Waals surface area contributed by atoms with Crippen LogP contribution in [0, 0.1) is 6.92 Å². The lowest BCUT2D eigenvalue weighted by molar-refractivity contribution is -0.106. The smallest absolute Gasteiger partial charge is 0.297 e. The lowest BCUT2D eigenvalue weighted by atomic mass is 10.1. The molecule has 8 nitrogen and oxygen atoms in total. The standard InChI is InChI=1S/C23H30O4.C12H16O4S/c1-3-9-20(10-4-1)15-24-17-23(27-19-22-13-7-8-14-26-22)18-25-16-21-11-5-2-6-12-21;1-10-4-6-12(7-5-10)17(13,14)16-9-11-3-2-8-15-11/h1-6,9-12,22-23H,7-8,13-19H2;4-7,11H,2-3,8-9H2,1H3. The van der Waals surface area contributed by atoms with Crippen molar-refractivity contribution in [2.45, 2.75) is 75.4 Å². The maximum absolute atomic E-state index is 11.8. The van der Waals surface area contributed by atoms with Crippen LogP contribution in [0.2, 0.25) is 0 Å². The molecule has 2 aliphatic rings. The van der Waals surface area contributed by atoms with E-state index in [1.165, 1.54) is 6.42 Å². The topological polar surface area (TPSA) is 89.5 Å². The molecule has 0 spiro atoms. The van der Waals surface area contributed by atoms with E-state index in [2.05, 4.69) is 24.3 Å². The molecule has 0 saturated carbocycles. The first-order valence-corrected chi connectivity index (χ1v) is 16.9. The number of ether oxygens (including phenoxy) is 5. The fourth-order valence-electron chi connectivity index (χ4n) is 4.81. The molecule has 2 atom stereocenters. The lowest BCUT2D eigenvalue weighted by Gasteiger charge is -2.25. The van der Waals surface area contributed by atoms with E-state index in [1.807, 2.05) is 43.3 Å². The summed E-state index contributed by atoms with van der Waals surface area (Å²) in [4.78, 5) is 0.195. The first-order chi connectivity index (χ1) is 21.5. The molecule has 2 heterocycles. The molecule has 5 rings (SSSR count). The van der Waals surface area contributed by atoms with Crippen molar-refractivity contribution in [3.8, 4) is 0 Å². The van der Waals surface area contributed by atoms with Gasteiger partial charge >= 0.3 is 0 Å². The first kappa shape index (κ1) is 34.2. The van der Waals surface area contributed by atoms with Crippen LogP contribution < -0.4 is 0 Å². The highest BCUT2D eigenvalue weighted by molar-refractivity contribution is 7.86. The summed E-state index contributed by atoms with van der Waals surface area (Å²) in [7, 11) is -3.64. The molecular formula is C35H46O8S. The molecule has 0 radical (unpaired) electrons. The quantitative estimate of drug-likeness (QED) is 0.183. The van der Waals surface area contributed by atoms with Crippen molar-refractivity contribution in [1.29, 1.82) is 0 Å². The van der Waals surface area contributed by atoms with E-state index < -0.39 is 10.1 Å². The van der Waals surface area contributed by atoms with E-state index in [4.69, 9.17) is 27.9 Å². The molecule has 0 bridgehead atoms. The summed E-state index contributed by atoms with van der Waals surface area (Å²) in [6, 6.07) is 27.0. The van der Waals surface area contributed by atoms with Crippen molar-refractivity contribution in [1.82, 2.24) is 0 Å². The van der Waals surface area contributed by atoms with Crippen molar-refractivity contribution < 1.29 is 36.3 Å². The first-order valence-electron chi connectivity index (χ1n) is 15.5. The van der Waals surface area contributed by atoms with Crippen LogP contribution in [0.1, 0.15) is 48.8 Å². The van der Waals surface area contributed by atoms with Crippen LogP contribution >= 0.6 is 0 Å². The van der Waals surface area contributed by atoms with Crippen LogP contribution in [0.25, 0.3) is 0 Å². The van der Waals surface area contributed by atoms with Crippen molar-refractivity contribution in [2.24, 2.45) is 0 Å². The van der Waals surface area contributed by atoms with Crippen molar-refractivity contribution in [3.05, 3.63) is 102 Å². The summed E-state index contributed by atoms with van der Waals surface area (Å²) in [5.41, 5.74) is 3.34. The summed E-state index contributed by atoms with van der Waals surface area (Å²) < 4.78 is 57.6. The van der Waals surface area contributed by atoms with Crippen molar-refractivity contribution in [3.63, 3.8) is 0 Å². The fraction of sp³-hybridized carbons (Fsp3) is 0.486. The minimum atomic E-state index is -3.64. The van der Waals surface area contributed by atoms with Gasteiger partial charge in [0.2, 0.25) is 0 Å². The minimum absolute atomic E-state index is 0.0878. The third-order valence-electron chi connectivity index (χ3n) is 7.37. The van der Waals surface area contributed by atoms with Crippen LogP contribution in [0.4, 0.5) is 0 Å². The van der Waals surface area contributed by atoms with Crippen LogP contribution in [-0.4, -0.2) is 66.4 Å². The fourth-order valence-corrected chi connectivity index (χ4v) is 5.74. The number of hydrogen-bond acceptors (Lipinski definition) is 8. The SMILES string of the molecule is Cc1ccc(S(=O)(=O)OCC2CCCO2)cc1.c1ccc(COCC(COCc2ccccc2)OCC2CCCCO2)cc1. The molecule has 3 aromatic rings. The van der Waals surface area contributed by atoms with E-state index in [-0.39, 0.29) is 29.8 Å². The van der Waals surface area contributed by atoms with Gasteiger partial charge in [-0.05, 0) is 62.3 Å². The number of benzene rings is 3. The Labute approximate surface area is 262 Å². The zero-order chi connectivity index (χ0) is 30.9. The zero-order valence-corrected chi connectivity index (χ0v) is 26.5. The average Bonchev–Trinajstić information content (AvgIpc) is 3.59. The van der Waals surface area contributed by atoms with Gasteiger partial charge in [0, 0.05) is 13.2 Å². The van der Waals surface area contributed by atoms with Gasteiger partial charge in [-0.15, -0.1) is 0 Å². The summed E-state index contributed by atoms with van der Waals surface area (Å²) >= 11 is 0. The Morgan fingerprint density at radius 2 is 1.25 bits per heavy atom. The predicted molar refractivity (Wildman–Crippen MR) is 169 cm³/mol. The van der Waals surface area contributed by atoms with Gasteiger partial charge in [-0.25, -0.2) is 0 Å². The van der Waals surface area contributed by atoms with Gasteiger partial charge in [0.1, 0.15) is 6.10 Å². The third kappa shape index (κ3) is 12.8. The van der Waals surface area contributed by atoms with E-state index in [0.717, 1.165) is 49.0 Å². The summed E-state index contributed by atoms with van der Waals surface area (Å²) in [5, 5.41) is 0. The second-order valence-corrected chi connectivity index (χ2v) is 12.7. The highest BCUT2D eigenvalue weighted by atomic mass is 32.2. The molecule has 0 aliphatic carbocycles. The normalized spacial score (nSPS) is 18.6. The number of hydrogen-bond donors (Lipinski definition) is 0. The van der Waals surface area contributed by atoms with E-state index in [9.17, 15) is 8.42 Å². The van der Waals surface area contributed by atoms with Crippen LogP contribution in [-0.2, 0) is 51.2 Å². The highest BCUT2D eigenvalue weighted by Crippen LogP contribution is 2.18. The zero-order valence-electron chi connectivity index (χ0n) is 25.7. The van der Waals surface area contributed by atoms with Gasteiger partial charge < -0.3 is 23.7 Å². The van der Waals surface area contributed by atoms with Gasteiger partial charge in [0.15, 0.2) is 0 Å². The molecule has 2 saturated heterocycles. The Balaban J connectivity index is 0.000000223. The molecule has 0 amide bonds. The maximum Gasteiger partial charge on any atom is 0.297 e. The van der Waals surface area contributed by atoms with Crippen LogP contribution in [0.5, 0.6) is 0 Å². The Morgan fingerprint density at radius 3 is 1.80 bits per heavy atom. The van der Waals surface area contributed by atoms with E-state index in [1.54, 1.807) is 24.3 Å². The minimum Gasteiger partial charge on any atom is -0.376 e. The van der Waals surface area contributed by atoms with Gasteiger partial charge in [-0.2, -0.15) is 8.42 Å². The Kier molecular flexibility index (Phi) is 14.8. The molecule has 2 unspecified atom stereocenters. The van der Waals surface area contributed by atoms with Crippen LogP contribution in [0.15, 0.2) is 89.8 Å². The van der Waals surface area contributed by atoms with Crippen LogP contribution in [0.3, 0.4) is 0 Å². The highest BCUT2D eigenvalue weighted by Gasteiger charge is 2.21. The average molecular weight is 627 g/mol. The molecule has 2 fully saturated rings. The molecule has 0 aromatic heterocycles. The number of rotatable bonds is 15. The molecule has 44 heavy (non-hydrogen) atoms. The second kappa shape index (κ2) is 19.0. The predicted octanol–water partition coefficient (Wildman–Crippen LogP) is 6.25. The van der Waals surface area contributed by atoms with Gasteiger partial charge in [-0.3, -0.25) is 4.18 Å². The maximum atomic E-state index is 11.8. The summed E-state index contributed by atoms with van der Waals surface area (Å²) in [6.07, 6.45) is 5.29. The van der Waals surface area contributed by atoms with Gasteiger partial charge in [-0.1, -0.05) is 78.4 Å². The van der Waals surface area contributed by atoms with Gasteiger partial charge in [0.25, 0.3) is 10.1 Å². The Morgan fingerprint density at radius 1 is 0.705 bits per heavy atom. The van der Waals surface area contributed by atoms with Crippen molar-refractivity contribution in [2.75, 3.05) is 39.6 Å². The largest absolute Gasteiger partial charge is 0.376 e. The molecule has 3 aromatic carbocycles. The third-order valence-corrected chi connectivity index (χ3v) is 8.66. The van der Waals surface area contributed by atoms with Gasteiger partial charge in [0.05, 0.1) is 56.7 Å². The lowest BCUT2D eigenvalue weighted by Crippen LogP contribution is -2.32. The van der Waals surface area contributed by atoms with E-state index in [0.29, 0.717) is 39.6 Å². The molecule has 0 N–H and O–H groups in total. The van der Waals surface area contributed by atoms with E-state index >= 15 is 0 Å². The molecular weight excluding hydrogens is 580 g/mol. The molecule has 2 aliphatic heterocycles. The summed E-state index contributed by atoms with van der Waals surface area (Å²) in [6.45, 7) is 6.34. The number of aryl methyl sites for hydroxylation is 1. The Hall–Kier alpha value is -2.63. The second-order valence-electron chi connectivity index (χ2n) is 11.1. The Bertz CT molecular complexity index is 1230. The monoisotopic (exact) mass is 626 g/mol.